The Hall–Kier alpha value is -1.40. The summed E-state index contributed by atoms with van der Waals surface area (Å²) in [5.74, 6) is -0.586. The van der Waals surface area contributed by atoms with Crippen molar-refractivity contribution in [1.82, 2.24) is 10.0 Å². The molecule has 0 spiro atoms. The summed E-state index contributed by atoms with van der Waals surface area (Å²) >= 11 is 0. The van der Waals surface area contributed by atoms with Crippen LogP contribution in [0.25, 0.3) is 0 Å². The quantitative estimate of drug-likeness (QED) is 0.761. The minimum absolute atomic E-state index is 0.368. The number of fused-ring (bicyclic) bond motifs is 1. The van der Waals surface area contributed by atoms with E-state index >= 15 is 0 Å². The lowest BCUT2D eigenvalue weighted by Crippen LogP contribution is -2.29. The van der Waals surface area contributed by atoms with E-state index in [1.807, 2.05) is 10.8 Å². The molecule has 0 radical (unpaired) electrons. The Bertz CT molecular complexity index is 537. The molecule has 1 heterocycles. The van der Waals surface area contributed by atoms with Gasteiger partial charge in [-0.2, -0.15) is 0 Å². The van der Waals surface area contributed by atoms with Crippen molar-refractivity contribution >= 4 is 15.9 Å². The average Bonchev–Trinajstić information content (AvgIpc) is 2.61. The Labute approximate surface area is 93.9 Å². The summed E-state index contributed by atoms with van der Waals surface area (Å²) in [6.45, 7) is 1.51. The van der Waals surface area contributed by atoms with E-state index in [4.69, 9.17) is 0 Å². The van der Waals surface area contributed by atoms with Crippen LogP contribution in [0.2, 0.25) is 0 Å². The van der Waals surface area contributed by atoms with Gasteiger partial charge in [-0.05, 0) is 23.3 Å². The zero-order chi connectivity index (χ0) is 11.8. The van der Waals surface area contributed by atoms with Gasteiger partial charge in [-0.15, -0.1) is 0 Å². The number of hydrogen-bond acceptors (Lipinski definition) is 4. The molecule has 1 aliphatic rings. The number of rotatable bonds is 2. The van der Waals surface area contributed by atoms with Crippen LogP contribution in [0.3, 0.4) is 0 Å². The first-order chi connectivity index (χ1) is 7.46. The lowest BCUT2D eigenvalue weighted by Gasteiger charge is -2.04. The highest BCUT2D eigenvalue weighted by Crippen LogP contribution is 2.16. The number of sulfonamides is 1. The molecule has 0 fully saturated rings. The Morgan fingerprint density at radius 2 is 2.00 bits per heavy atom. The summed E-state index contributed by atoms with van der Waals surface area (Å²) in [6, 6.07) is 5.19. The predicted molar refractivity (Wildman–Crippen MR) is 59.3 cm³/mol. The van der Waals surface area contributed by atoms with Crippen LogP contribution in [0, 0.1) is 0 Å². The van der Waals surface area contributed by atoms with Gasteiger partial charge in [0.1, 0.15) is 0 Å². The molecule has 1 aromatic carbocycles. The van der Waals surface area contributed by atoms with Crippen molar-refractivity contribution in [2.75, 3.05) is 6.26 Å². The van der Waals surface area contributed by atoms with Crippen LogP contribution in [0.15, 0.2) is 18.2 Å². The molecule has 2 rings (SSSR count). The molecule has 0 aliphatic carbocycles. The van der Waals surface area contributed by atoms with E-state index in [9.17, 15) is 13.2 Å². The normalized spacial score (nSPS) is 14.6. The number of hydrogen-bond donors (Lipinski definition) is 2. The summed E-state index contributed by atoms with van der Waals surface area (Å²) in [4.78, 5) is 11.5. The van der Waals surface area contributed by atoms with Gasteiger partial charge in [-0.3, -0.25) is 4.79 Å². The second-order valence-corrected chi connectivity index (χ2v) is 5.54. The Balaban J connectivity index is 2.25. The van der Waals surface area contributed by atoms with E-state index in [0.717, 1.165) is 30.5 Å². The molecule has 0 saturated carbocycles. The smallest absolute Gasteiger partial charge is 0.264 e. The van der Waals surface area contributed by atoms with Crippen molar-refractivity contribution in [2.45, 2.75) is 13.1 Å². The van der Waals surface area contributed by atoms with Crippen LogP contribution < -0.4 is 10.0 Å². The highest BCUT2D eigenvalue weighted by Gasteiger charge is 2.15. The summed E-state index contributed by atoms with van der Waals surface area (Å²) in [5, 5.41) is 3.15. The molecule has 86 valence electrons. The van der Waals surface area contributed by atoms with Gasteiger partial charge in [0.05, 0.1) is 6.26 Å². The van der Waals surface area contributed by atoms with Crippen molar-refractivity contribution in [3.8, 4) is 0 Å². The molecule has 1 aromatic rings. The van der Waals surface area contributed by atoms with Gasteiger partial charge in [0.2, 0.25) is 10.0 Å². The zero-order valence-corrected chi connectivity index (χ0v) is 9.60. The number of benzene rings is 1. The van der Waals surface area contributed by atoms with Gasteiger partial charge in [-0.1, -0.05) is 6.07 Å². The second kappa shape index (κ2) is 3.88. The van der Waals surface area contributed by atoms with Gasteiger partial charge in [0.25, 0.3) is 5.91 Å². The minimum atomic E-state index is -3.50. The molecular weight excluding hydrogens is 228 g/mol. The largest absolute Gasteiger partial charge is 0.309 e. The fraction of sp³-hybridized carbons (Fsp3) is 0.300. The predicted octanol–water partition coefficient (Wildman–Crippen LogP) is -0.0208. The van der Waals surface area contributed by atoms with E-state index in [0.29, 0.717) is 5.56 Å². The molecule has 5 nitrogen and oxygen atoms in total. The van der Waals surface area contributed by atoms with Gasteiger partial charge in [0.15, 0.2) is 0 Å². The van der Waals surface area contributed by atoms with Gasteiger partial charge in [0, 0.05) is 18.7 Å². The van der Waals surface area contributed by atoms with Crippen molar-refractivity contribution in [3.63, 3.8) is 0 Å². The lowest BCUT2D eigenvalue weighted by atomic mass is 10.1. The molecule has 0 unspecified atom stereocenters. The first kappa shape index (κ1) is 11.1. The van der Waals surface area contributed by atoms with E-state index in [1.54, 1.807) is 12.1 Å². The molecule has 1 aliphatic heterocycles. The van der Waals surface area contributed by atoms with Crippen LogP contribution >= 0.6 is 0 Å². The number of amides is 1. The summed E-state index contributed by atoms with van der Waals surface area (Å²) < 4.78 is 23.7. The van der Waals surface area contributed by atoms with Crippen molar-refractivity contribution in [1.29, 1.82) is 0 Å². The van der Waals surface area contributed by atoms with Gasteiger partial charge >= 0.3 is 0 Å². The molecule has 0 bridgehead atoms. The highest BCUT2D eigenvalue weighted by molar-refractivity contribution is 7.89. The Morgan fingerprint density at radius 3 is 2.69 bits per heavy atom. The number of carbonyl (C=O) groups excluding carboxylic acids is 1. The molecule has 1 amide bonds. The van der Waals surface area contributed by atoms with Crippen LogP contribution in [0.4, 0.5) is 0 Å². The van der Waals surface area contributed by atoms with Crippen LogP contribution in [0.1, 0.15) is 21.5 Å². The van der Waals surface area contributed by atoms with E-state index in [-0.39, 0.29) is 0 Å². The molecule has 16 heavy (non-hydrogen) atoms. The van der Waals surface area contributed by atoms with Crippen LogP contribution in [-0.4, -0.2) is 20.6 Å². The topological polar surface area (TPSA) is 75.3 Å². The maximum absolute atomic E-state index is 11.5. The maximum Gasteiger partial charge on any atom is 0.264 e. The lowest BCUT2D eigenvalue weighted by molar-refractivity contribution is 0.0981. The zero-order valence-electron chi connectivity index (χ0n) is 8.78. The second-order valence-electron chi connectivity index (χ2n) is 3.79. The molecule has 2 N–H and O–H groups in total. The van der Waals surface area contributed by atoms with Gasteiger partial charge in [-0.25, -0.2) is 13.1 Å². The van der Waals surface area contributed by atoms with Gasteiger partial charge < -0.3 is 5.32 Å². The van der Waals surface area contributed by atoms with E-state index in [1.165, 1.54) is 0 Å². The monoisotopic (exact) mass is 240 g/mol. The highest BCUT2D eigenvalue weighted by atomic mass is 32.2. The van der Waals surface area contributed by atoms with E-state index < -0.39 is 15.9 Å². The first-order valence-corrected chi connectivity index (χ1v) is 6.69. The van der Waals surface area contributed by atoms with Crippen LogP contribution in [-0.2, 0) is 23.1 Å². The number of nitrogens with one attached hydrogen (secondary N) is 2. The van der Waals surface area contributed by atoms with Crippen molar-refractivity contribution in [2.24, 2.45) is 0 Å². The standard InChI is InChI=1S/C10H12N2O3S/c1-16(14,15)12-10(13)7-2-3-8-5-11-6-9(8)4-7/h2-4,11H,5-6H2,1H3,(H,12,13). The fourth-order valence-corrected chi connectivity index (χ4v) is 2.12. The number of carbonyl (C=O) groups is 1. The van der Waals surface area contributed by atoms with Crippen molar-refractivity contribution in [3.05, 3.63) is 34.9 Å². The van der Waals surface area contributed by atoms with Crippen LogP contribution in [0.5, 0.6) is 0 Å². The summed E-state index contributed by atoms with van der Waals surface area (Å²) in [5.41, 5.74) is 2.56. The summed E-state index contributed by atoms with van der Waals surface area (Å²) in [7, 11) is -3.50. The SMILES string of the molecule is CS(=O)(=O)NC(=O)c1ccc2c(c1)CNC2. The molecule has 0 atom stereocenters. The first-order valence-electron chi connectivity index (χ1n) is 4.80. The maximum atomic E-state index is 11.5. The third-order valence-electron chi connectivity index (χ3n) is 2.38. The van der Waals surface area contributed by atoms with E-state index in [2.05, 4.69) is 5.32 Å². The average molecular weight is 240 g/mol. The Morgan fingerprint density at radius 1 is 1.31 bits per heavy atom. The molecule has 6 heteroatoms. The third kappa shape index (κ3) is 2.40. The minimum Gasteiger partial charge on any atom is -0.309 e. The fourth-order valence-electron chi connectivity index (χ4n) is 1.66. The van der Waals surface area contributed by atoms with Crippen molar-refractivity contribution < 1.29 is 13.2 Å². The summed E-state index contributed by atoms with van der Waals surface area (Å²) in [6.07, 6.45) is 0.958. The molecule has 0 saturated heterocycles. The molecule has 0 aromatic heterocycles. The third-order valence-corrected chi connectivity index (χ3v) is 2.93. The Kier molecular flexibility index (Phi) is 2.69. The molecular formula is C10H12N2O3S.